The predicted octanol–water partition coefficient (Wildman–Crippen LogP) is 5.29. The van der Waals surface area contributed by atoms with Crippen LogP contribution in [0.2, 0.25) is 0 Å². The minimum atomic E-state index is -1.97. The lowest BCUT2D eigenvalue weighted by atomic mass is 9.61. The fourth-order valence-corrected chi connectivity index (χ4v) is 5.96. The fraction of sp³-hybridized carbons (Fsp3) is 0.556. The molecule has 178 valence electrons. The van der Waals surface area contributed by atoms with Crippen LogP contribution >= 0.6 is 11.9 Å². The molecular formula is C27H35B2NO3S. The second-order valence-corrected chi connectivity index (χ2v) is 11.0. The van der Waals surface area contributed by atoms with Crippen LogP contribution in [0, 0.1) is 5.92 Å². The standard InChI is InChI=1S/C27H35B2NO3S/c1-4-22-7-5-21-15-20(18(2)3)6-9-25(21)30(22)34-23-8-10-26(24(16-23)27(28,29)31)33-17-19-11-13-32-14-12-19/h6,8-10,15-16,18-19,22,31H,4-5,7,11-14,17H2,1-3H3. The molecule has 0 saturated carbocycles. The van der Waals surface area contributed by atoms with E-state index < -0.39 is 5.40 Å². The Balaban J connectivity index is 1.58. The number of rotatable bonds is 8. The summed E-state index contributed by atoms with van der Waals surface area (Å²) in [6, 6.07) is 13.1. The second kappa shape index (κ2) is 11.0. The van der Waals surface area contributed by atoms with Gasteiger partial charge in [0.15, 0.2) is 0 Å². The largest absolute Gasteiger partial charge is 0.493 e. The second-order valence-electron chi connectivity index (χ2n) is 9.91. The van der Waals surface area contributed by atoms with E-state index in [0.29, 0.717) is 35.8 Å². The van der Waals surface area contributed by atoms with Gasteiger partial charge in [0.05, 0.1) is 12.3 Å². The molecule has 2 aliphatic rings. The summed E-state index contributed by atoms with van der Waals surface area (Å²) >= 11 is 1.68. The maximum absolute atomic E-state index is 10.5. The molecule has 0 spiro atoms. The Bertz CT molecular complexity index is 973. The van der Waals surface area contributed by atoms with Crippen LogP contribution in [0.3, 0.4) is 0 Å². The third-order valence-corrected chi connectivity index (χ3v) is 8.12. The van der Waals surface area contributed by atoms with Crippen molar-refractivity contribution in [2.24, 2.45) is 5.92 Å². The number of hydrogen-bond donors (Lipinski definition) is 1. The van der Waals surface area contributed by atoms with Gasteiger partial charge in [-0.15, -0.1) is 0 Å². The molecule has 4 nitrogen and oxygen atoms in total. The van der Waals surface area contributed by atoms with Crippen molar-refractivity contribution in [2.45, 2.75) is 75.1 Å². The van der Waals surface area contributed by atoms with Gasteiger partial charge in [-0.3, -0.25) is 0 Å². The summed E-state index contributed by atoms with van der Waals surface area (Å²) in [5.41, 5.74) is 4.45. The lowest BCUT2D eigenvalue weighted by Gasteiger charge is -2.38. The minimum absolute atomic E-state index is 0.407. The lowest BCUT2D eigenvalue weighted by molar-refractivity contribution is 0.0492. The monoisotopic (exact) mass is 475 g/mol. The topological polar surface area (TPSA) is 41.9 Å². The zero-order valence-electron chi connectivity index (χ0n) is 20.6. The highest BCUT2D eigenvalue weighted by atomic mass is 32.2. The van der Waals surface area contributed by atoms with Gasteiger partial charge < -0.3 is 18.9 Å². The molecule has 4 rings (SSSR count). The van der Waals surface area contributed by atoms with E-state index in [4.69, 9.17) is 25.2 Å². The molecule has 1 saturated heterocycles. The van der Waals surface area contributed by atoms with Gasteiger partial charge in [0.25, 0.3) is 0 Å². The van der Waals surface area contributed by atoms with Crippen molar-refractivity contribution in [1.29, 1.82) is 0 Å². The summed E-state index contributed by atoms with van der Waals surface area (Å²) in [7, 11) is 11.9. The van der Waals surface area contributed by atoms with Crippen molar-refractivity contribution < 1.29 is 14.6 Å². The van der Waals surface area contributed by atoms with Crippen LogP contribution in [-0.2, 0) is 16.6 Å². The number of benzene rings is 2. The van der Waals surface area contributed by atoms with Gasteiger partial charge >= 0.3 is 0 Å². The van der Waals surface area contributed by atoms with Gasteiger partial charge in [-0.2, -0.15) is 0 Å². The van der Waals surface area contributed by atoms with E-state index in [2.05, 4.69) is 43.3 Å². The van der Waals surface area contributed by atoms with Crippen molar-refractivity contribution in [1.82, 2.24) is 0 Å². The van der Waals surface area contributed by atoms with E-state index in [1.165, 1.54) is 16.8 Å². The van der Waals surface area contributed by atoms with Crippen LogP contribution in [0.5, 0.6) is 5.75 Å². The molecule has 1 atom stereocenters. The Morgan fingerprint density at radius 2 is 1.91 bits per heavy atom. The zero-order chi connectivity index (χ0) is 24.3. The first-order chi connectivity index (χ1) is 16.3. The molecule has 0 aromatic heterocycles. The van der Waals surface area contributed by atoms with Crippen molar-refractivity contribution in [3.05, 3.63) is 53.1 Å². The molecular weight excluding hydrogens is 440 g/mol. The highest BCUT2D eigenvalue weighted by Gasteiger charge is 2.28. The molecule has 2 aromatic carbocycles. The maximum atomic E-state index is 10.5. The third kappa shape index (κ3) is 5.98. The molecule has 2 heterocycles. The Labute approximate surface area is 211 Å². The van der Waals surface area contributed by atoms with Crippen LogP contribution in [0.4, 0.5) is 5.69 Å². The average molecular weight is 475 g/mol. The summed E-state index contributed by atoms with van der Waals surface area (Å²) in [5, 5.41) is 8.53. The smallest absolute Gasteiger partial charge is 0.123 e. The fourth-order valence-electron chi connectivity index (χ4n) is 4.75. The molecule has 2 aliphatic heterocycles. The molecule has 34 heavy (non-hydrogen) atoms. The zero-order valence-corrected chi connectivity index (χ0v) is 21.4. The number of aliphatic hydroxyl groups is 1. The van der Waals surface area contributed by atoms with E-state index in [1.54, 1.807) is 11.9 Å². The van der Waals surface area contributed by atoms with Gasteiger partial charge in [-0.05, 0) is 91.3 Å². The molecule has 4 radical (unpaired) electrons. The maximum Gasteiger partial charge on any atom is 0.123 e. The Hall–Kier alpha value is -1.56. The highest BCUT2D eigenvalue weighted by Crippen LogP contribution is 2.42. The minimum Gasteiger partial charge on any atom is -0.493 e. The van der Waals surface area contributed by atoms with E-state index in [0.717, 1.165) is 50.2 Å². The number of nitrogens with zero attached hydrogens (tertiary/aromatic N) is 1. The number of ether oxygens (including phenoxy) is 2. The molecule has 0 amide bonds. The summed E-state index contributed by atoms with van der Waals surface area (Å²) in [6.07, 6.45) is 5.24. The van der Waals surface area contributed by atoms with E-state index in [1.807, 2.05) is 18.2 Å². The van der Waals surface area contributed by atoms with E-state index in [-0.39, 0.29) is 0 Å². The van der Waals surface area contributed by atoms with Crippen molar-refractivity contribution in [3.8, 4) is 5.75 Å². The molecule has 7 heteroatoms. The molecule has 0 aliphatic carbocycles. The number of fused-ring (bicyclic) bond motifs is 1. The molecule has 1 unspecified atom stereocenters. The number of hydrogen-bond acceptors (Lipinski definition) is 5. The van der Waals surface area contributed by atoms with Crippen LogP contribution < -0.4 is 9.04 Å². The van der Waals surface area contributed by atoms with E-state index >= 15 is 0 Å². The average Bonchev–Trinajstić information content (AvgIpc) is 2.83. The van der Waals surface area contributed by atoms with Gasteiger partial charge in [-0.25, -0.2) is 0 Å². The summed E-state index contributed by atoms with van der Waals surface area (Å²) in [5.74, 6) is 1.49. The van der Waals surface area contributed by atoms with Gasteiger partial charge in [0.1, 0.15) is 21.4 Å². The van der Waals surface area contributed by atoms with Crippen LogP contribution in [0.15, 0.2) is 41.3 Å². The van der Waals surface area contributed by atoms with Crippen LogP contribution in [-0.4, -0.2) is 46.7 Å². The summed E-state index contributed by atoms with van der Waals surface area (Å²) in [6.45, 7) is 8.81. The number of anilines is 1. The lowest BCUT2D eigenvalue weighted by Crippen LogP contribution is -2.33. The Kier molecular flexibility index (Phi) is 8.27. The first kappa shape index (κ1) is 25.5. The first-order valence-electron chi connectivity index (χ1n) is 12.5. The predicted molar refractivity (Wildman–Crippen MR) is 142 cm³/mol. The summed E-state index contributed by atoms with van der Waals surface area (Å²) in [4.78, 5) is 0.974. The van der Waals surface area contributed by atoms with Crippen molar-refractivity contribution >= 4 is 33.3 Å². The molecule has 1 fully saturated rings. The molecule has 2 aromatic rings. The van der Waals surface area contributed by atoms with Crippen molar-refractivity contribution in [3.63, 3.8) is 0 Å². The molecule has 1 N–H and O–H groups in total. The first-order valence-corrected chi connectivity index (χ1v) is 13.3. The Morgan fingerprint density at radius 3 is 2.59 bits per heavy atom. The summed E-state index contributed by atoms with van der Waals surface area (Å²) < 4.78 is 13.9. The quantitative estimate of drug-likeness (QED) is 0.415. The molecule has 0 bridgehead atoms. The van der Waals surface area contributed by atoms with Crippen LogP contribution in [0.25, 0.3) is 0 Å². The van der Waals surface area contributed by atoms with E-state index in [9.17, 15) is 5.11 Å². The number of aryl methyl sites for hydroxylation is 1. The van der Waals surface area contributed by atoms with Crippen molar-refractivity contribution in [2.75, 3.05) is 24.1 Å². The Morgan fingerprint density at radius 1 is 1.15 bits per heavy atom. The van der Waals surface area contributed by atoms with Gasteiger partial charge in [0, 0.05) is 35.1 Å². The highest BCUT2D eigenvalue weighted by molar-refractivity contribution is 8.00. The van der Waals surface area contributed by atoms with Gasteiger partial charge in [-0.1, -0.05) is 32.9 Å². The SMILES string of the molecule is [B]C([B])(O)c1cc(SN2c3ccc(C(C)C)cc3CCC2CC)ccc1OCC1CCOCC1. The normalized spacial score (nSPS) is 19.3. The van der Waals surface area contributed by atoms with Gasteiger partial charge in [0.2, 0.25) is 0 Å². The third-order valence-electron chi connectivity index (χ3n) is 6.96. The van der Waals surface area contributed by atoms with Crippen LogP contribution in [0.1, 0.15) is 69.1 Å².